The van der Waals surface area contributed by atoms with Gasteiger partial charge in [-0.05, 0) is 17.9 Å². The highest BCUT2D eigenvalue weighted by molar-refractivity contribution is 6.38. The van der Waals surface area contributed by atoms with E-state index in [1.807, 2.05) is 19.1 Å². The Kier molecular flexibility index (Phi) is 4.94. The Morgan fingerprint density at radius 2 is 1.89 bits per heavy atom. The maximum absolute atomic E-state index is 11.5. The molecule has 0 fully saturated rings. The fourth-order valence-electron chi connectivity index (χ4n) is 2.05. The minimum atomic E-state index is -0.812. The topological polar surface area (TPSA) is 110 Å². The van der Waals surface area contributed by atoms with Crippen molar-refractivity contribution in [2.75, 3.05) is 0 Å². The minimum absolute atomic E-state index is 0.0195. The van der Waals surface area contributed by atoms with Crippen molar-refractivity contribution in [2.45, 2.75) is 32.2 Å². The van der Waals surface area contributed by atoms with Crippen LogP contribution in [0.5, 0.6) is 0 Å². The third-order valence-corrected chi connectivity index (χ3v) is 3.07. The van der Waals surface area contributed by atoms with Gasteiger partial charge in [0.15, 0.2) is 5.78 Å². The third-order valence-electron chi connectivity index (χ3n) is 3.07. The van der Waals surface area contributed by atoms with Gasteiger partial charge in [0.1, 0.15) is 5.84 Å². The summed E-state index contributed by atoms with van der Waals surface area (Å²) in [5.41, 5.74) is 12.7. The summed E-state index contributed by atoms with van der Waals surface area (Å²) in [6.45, 7) is 3.12. The summed E-state index contributed by atoms with van der Waals surface area (Å²) < 4.78 is 0. The van der Waals surface area contributed by atoms with E-state index in [0.717, 1.165) is 5.56 Å². The van der Waals surface area contributed by atoms with Crippen LogP contribution in [0.2, 0.25) is 0 Å². The molecular weight excluding hydrogens is 242 g/mol. The molecule has 1 aromatic carbocycles. The highest BCUT2D eigenvalue weighted by Gasteiger charge is 2.22. The molecule has 102 valence electrons. The van der Waals surface area contributed by atoms with Crippen molar-refractivity contribution in [3.05, 3.63) is 35.4 Å². The fourth-order valence-corrected chi connectivity index (χ4v) is 2.05. The molecule has 0 aliphatic rings. The van der Waals surface area contributed by atoms with E-state index in [0.29, 0.717) is 12.0 Å². The molecule has 5 N–H and O–H groups in total. The molecule has 0 radical (unpaired) electrons. The molecule has 0 spiro atoms. The SMILES string of the molecule is CC(=O)C(=O)[C@@H](N)CC(C)c1ccccc1C(=N)N. The number of nitrogens with one attached hydrogen (secondary N) is 1. The Hall–Kier alpha value is -2.01. The van der Waals surface area contributed by atoms with Crippen LogP contribution < -0.4 is 11.5 Å². The number of hydrogen-bond donors (Lipinski definition) is 3. The molecule has 5 heteroatoms. The van der Waals surface area contributed by atoms with E-state index in [9.17, 15) is 9.59 Å². The number of nitrogen functional groups attached to an aromatic ring is 1. The normalized spacial score (nSPS) is 13.6. The lowest BCUT2D eigenvalue weighted by Crippen LogP contribution is -2.36. The van der Waals surface area contributed by atoms with Crippen LogP contribution in [-0.2, 0) is 9.59 Å². The summed E-state index contributed by atoms with van der Waals surface area (Å²) in [5.74, 6) is -1.17. The number of benzene rings is 1. The average Bonchev–Trinajstić information content (AvgIpc) is 2.37. The number of rotatable bonds is 6. The predicted molar refractivity (Wildman–Crippen MR) is 74.2 cm³/mol. The number of nitrogens with two attached hydrogens (primary N) is 2. The van der Waals surface area contributed by atoms with Gasteiger partial charge in [0.2, 0.25) is 5.78 Å². The van der Waals surface area contributed by atoms with E-state index in [4.69, 9.17) is 16.9 Å². The van der Waals surface area contributed by atoms with Crippen LogP contribution in [0.1, 0.15) is 37.3 Å². The highest BCUT2D eigenvalue weighted by Crippen LogP contribution is 2.23. The smallest absolute Gasteiger partial charge is 0.214 e. The maximum Gasteiger partial charge on any atom is 0.214 e. The zero-order valence-electron chi connectivity index (χ0n) is 11.1. The van der Waals surface area contributed by atoms with Crippen molar-refractivity contribution in [1.29, 1.82) is 5.41 Å². The molecule has 1 rings (SSSR count). The number of hydrogen-bond acceptors (Lipinski definition) is 4. The summed E-state index contributed by atoms with van der Waals surface area (Å²) in [4.78, 5) is 22.5. The number of carbonyl (C=O) groups excluding carboxylic acids is 2. The zero-order chi connectivity index (χ0) is 14.6. The molecule has 1 unspecified atom stereocenters. The van der Waals surface area contributed by atoms with Crippen LogP contribution in [0.4, 0.5) is 0 Å². The van der Waals surface area contributed by atoms with Crippen LogP contribution >= 0.6 is 0 Å². The first-order chi connectivity index (χ1) is 8.84. The second-order valence-corrected chi connectivity index (χ2v) is 4.66. The quantitative estimate of drug-likeness (QED) is 0.402. The van der Waals surface area contributed by atoms with Gasteiger partial charge in [0.25, 0.3) is 0 Å². The van der Waals surface area contributed by atoms with Gasteiger partial charge < -0.3 is 11.5 Å². The van der Waals surface area contributed by atoms with Gasteiger partial charge in [-0.3, -0.25) is 15.0 Å². The Balaban J connectivity index is 2.90. The molecular formula is C14H19N3O2. The molecule has 0 aliphatic heterocycles. The largest absolute Gasteiger partial charge is 0.384 e. The van der Waals surface area contributed by atoms with E-state index < -0.39 is 17.6 Å². The third kappa shape index (κ3) is 3.72. The second kappa shape index (κ2) is 6.24. The van der Waals surface area contributed by atoms with Gasteiger partial charge in [-0.15, -0.1) is 0 Å². The van der Waals surface area contributed by atoms with Gasteiger partial charge >= 0.3 is 0 Å². The van der Waals surface area contributed by atoms with Gasteiger partial charge in [-0.2, -0.15) is 0 Å². The van der Waals surface area contributed by atoms with E-state index in [1.165, 1.54) is 6.92 Å². The van der Waals surface area contributed by atoms with Crippen LogP contribution in [0.25, 0.3) is 0 Å². The van der Waals surface area contributed by atoms with Crippen LogP contribution in [0.3, 0.4) is 0 Å². The minimum Gasteiger partial charge on any atom is -0.384 e. The lowest BCUT2D eigenvalue weighted by Gasteiger charge is -2.18. The average molecular weight is 261 g/mol. The molecule has 0 aliphatic carbocycles. The number of Topliss-reactive ketones (excluding diaryl/α,β-unsaturated/α-hetero) is 2. The molecule has 0 aromatic heterocycles. The lowest BCUT2D eigenvalue weighted by atomic mass is 9.88. The molecule has 2 atom stereocenters. The first kappa shape index (κ1) is 15.0. The summed E-state index contributed by atoms with van der Waals surface area (Å²) in [6.07, 6.45) is 0.350. The molecule has 0 saturated heterocycles. The molecule has 0 saturated carbocycles. The van der Waals surface area contributed by atoms with Crippen molar-refractivity contribution in [3.63, 3.8) is 0 Å². The van der Waals surface area contributed by atoms with Crippen molar-refractivity contribution in [3.8, 4) is 0 Å². The van der Waals surface area contributed by atoms with Crippen molar-refractivity contribution >= 4 is 17.4 Å². The first-order valence-electron chi connectivity index (χ1n) is 6.08. The molecule has 0 heterocycles. The zero-order valence-corrected chi connectivity index (χ0v) is 11.1. The second-order valence-electron chi connectivity index (χ2n) is 4.66. The Bertz CT molecular complexity index is 511. The van der Waals surface area contributed by atoms with E-state index >= 15 is 0 Å². The van der Waals surface area contributed by atoms with Gasteiger partial charge in [0.05, 0.1) is 6.04 Å². The summed E-state index contributed by atoms with van der Waals surface area (Å²) in [7, 11) is 0. The van der Waals surface area contributed by atoms with E-state index in [1.54, 1.807) is 12.1 Å². The molecule has 5 nitrogen and oxygen atoms in total. The number of carbonyl (C=O) groups is 2. The summed E-state index contributed by atoms with van der Waals surface area (Å²) >= 11 is 0. The van der Waals surface area contributed by atoms with Crippen molar-refractivity contribution in [1.82, 2.24) is 0 Å². The maximum atomic E-state index is 11.5. The standard InChI is InChI=1S/C14H19N3O2/c1-8(7-12(15)13(19)9(2)18)10-5-3-4-6-11(10)14(16)17/h3-6,8,12H,7,15H2,1-2H3,(H3,16,17)/t8?,12-/m0/s1. The number of ketones is 2. The molecule has 0 bridgehead atoms. The molecule has 0 amide bonds. The molecule has 19 heavy (non-hydrogen) atoms. The highest BCUT2D eigenvalue weighted by atomic mass is 16.2. The van der Waals surface area contributed by atoms with Gasteiger partial charge in [-0.25, -0.2) is 0 Å². The fraction of sp³-hybridized carbons (Fsp3) is 0.357. The lowest BCUT2D eigenvalue weighted by molar-refractivity contribution is -0.136. The van der Waals surface area contributed by atoms with E-state index in [2.05, 4.69) is 0 Å². The Labute approximate surface area is 112 Å². The van der Waals surface area contributed by atoms with E-state index in [-0.39, 0.29) is 11.8 Å². The molecule has 1 aromatic rings. The van der Waals surface area contributed by atoms with Gasteiger partial charge in [0, 0.05) is 12.5 Å². The Morgan fingerprint density at radius 1 is 1.32 bits per heavy atom. The summed E-state index contributed by atoms with van der Waals surface area (Å²) in [5, 5.41) is 7.53. The van der Waals surface area contributed by atoms with Crippen molar-refractivity contribution < 1.29 is 9.59 Å². The Morgan fingerprint density at radius 3 is 2.42 bits per heavy atom. The van der Waals surface area contributed by atoms with Crippen LogP contribution in [-0.4, -0.2) is 23.4 Å². The first-order valence-corrected chi connectivity index (χ1v) is 6.08. The monoisotopic (exact) mass is 261 g/mol. The number of amidine groups is 1. The van der Waals surface area contributed by atoms with Crippen LogP contribution in [0, 0.1) is 5.41 Å². The van der Waals surface area contributed by atoms with Gasteiger partial charge in [-0.1, -0.05) is 31.2 Å². The predicted octanol–water partition coefficient (Wildman–Crippen LogP) is 0.950. The van der Waals surface area contributed by atoms with Crippen molar-refractivity contribution in [2.24, 2.45) is 11.5 Å². The summed E-state index contributed by atoms with van der Waals surface area (Å²) in [6, 6.07) is 6.44. The van der Waals surface area contributed by atoms with Crippen LogP contribution in [0.15, 0.2) is 24.3 Å².